The molecule has 136 valence electrons. The molecule has 2 rings (SSSR count). The lowest BCUT2D eigenvalue weighted by atomic mass is 10.1. The number of rotatable bonds is 8. The predicted molar refractivity (Wildman–Crippen MR) is 90.4 cm³/mol. The summed E-state index contributed by atoms with van der Waals surface area (Å²) in [6, 6.07) is 16.0. The molecule has 2 aromatic carbocycles. The van der Waals surface area contributed by atoms with Gasteiger partial charge in [-0.05, 0) is 24.3 Å². The lowest BCUT2D eigenvalue weighted by molar-refractivity contribution is -0.129. The van der Waals surface area contributed by atoms with E-state index in [0.29, 0.717) is 0 Å². The van der Waals surface area contributed by atoms with E-state index in [2.05, 4.69) is 0 Å². The SMILES string of the molecule is O=C[C@@H](O)[C@H](OC(=O)c1ccccc1)[C@H](O)COC(=O)c1ccccc1. The highest BCUT2D eigenvalue weighted by molar-refractivity contribution is 5.90. The van der Waals surface area contributed by atoms with Crippen molar-refractivity contribution < 1.29 is 34.1 Å². The first-order valence-corrected chi connectivity index (χ1v) is 7.82. The lowest BCUT2D eigenvalue weighted by Crippen LogP contribution is -2.44. The molecule has 0 unspecified atom stereocenters. The highest BCUT2D eigenvalue weighted by Gasteiger charge is 2.32. The van der Waals surface area contributed by atoms with Crippen LogP contribution in [-0.4, -0.2) is 53.4 Å². The molecule has 7 heteroatoms. The number of aliphatic hydroxyl groups is 2. The second kappa shape index (κ2) is 9.45. The number of esters is 2. The average Bonchev–Trinajstić information content (AvgIpc) is 2.70. The number of carbonyl (C=O) groups is 3. The maximum absolute atomic E-state index is 12.1. The van der Waals surface area contributed by atoms with E-state index in [1.54, 1.807) is 36.4 Å². The minimum atomic E-state index is -1.77. The van der Waals surface area contributed by atoms with Crippen LogP contribution in [0.25, 0.3) is 0 Å². The Morgan fingerprint density at radius 2 is 1.38 bits per heavy atom. The summed E-state index contributed by atoms with van der Waals surface area (Å²) in [7, 11) is 0. The van der Waals surface area contributed by atoms with Crippen LogP contribution in [0.1, 0.15) is 20.7 Å². The summed E-state index contributed by atoms with van der Waals surface area (Å²) >= 11 is 0. The normalized spacial score (nSPS) is 13.9. The van der Waals surface area contributed by atoms with Gasteiger partial charge < -0.3 is 24.5 Å². The molecular weight excluding hydrogens is 340 g/mol. The van der Waals surface area contributed by atoms with Crippen molar-refractivity contribution in [3.05, 3.63) is 71.8 Å². The molecule has 0 bridgehead atoms. The molecule has 0 aliphatic heterocycles. The number of aldehydes is 1. The van der Waals surface area contributed by atoms with E-state index in [9.17, 15) is 24.6 Å². The van der Waals surface area contributed by atoms with Gasteiger partial charge in [0.1, 0.15) is 18.8 Å². The number of hydrogen-bond donors (Lipinski definition) is 2. The van der Waals surface area contributed by atoms with Crippen molar-refractivity contribution in [3.8, 4) is 0 Å². The highest BCUT2D eigenvalue weighted by atomic mass is 16.6. The number of carbonyl (C=O) groups excluding carboxylic acids is 3. The molecule has 2 N–H and O–H groups in total. The van der Waals surface area contributed by atoms with E-state index in [1.807, 2.05) is 0 Å². The van der Waals surface area contributed by atoms with Gasteiger partial charge in [0.2, 0.25) is 0 Å². The van der Waals surface area contributed by atoms with Gasteiger partial charge in [0.05, 0.1) is 11.1 Å². The van der Waals surface area contributed by atoms with Crippen LogP contribution in [0.3, 0.4) is 0 Å². The molecule has 2 aromatic rings. The van der Waals surface area contributed by atoms with Crippen molar-refractivity contribution in [1.82, 2.24) is 0 Å². The van der Waals surface area contributed by atoms with Gasteiger partial charge in [-0.1, -0.05) is 36.4 Å². The molecule has 0 saturated heterocycles. The standard InChI is InChI=1S/C19H18O7/c20-11-15(21)17(26-19(24)14-9-5-2-6-10-14)16(22)12-25-18(23)13-7-3-1-4-8-13/h1-11,15-17,21-22H,12H2/t15-,16-,17+/m1/s1. The van der Waals surface area contributed by atoms with Gasteiger partial charge in [0.25, 0.3) is 0 Å². The maximum atomic E-state index is 12.1. The lowest BCUT2D eigenvalue weighted by Gasteiger charge is -2.24. The van der Waals surface area contributed by atoms with Gasteiger partial charge in [-0.15, -0.1) is 0 Å². The summed E-state index contributed by atoms with van der Waals surface area (Å²) in [5, 5.41) is 19.8. The van der Waals surface area contributed by atoms with Crippen molar-refractivity contribution in [2.24, 2.45) is 0 Å². The summed E-state index contributed by atoms with van der Waals surface area (Å²) in [6.07, 6.45) is -4.81. The molecule has 0 aliphatic carbocycles. The van der Waals surface area contributed by atoms with Crippen LogP contribution < -0.4 is 0 Å². The van der Waals surface area contributed by atoms with E-state index in [4.69, 9.17) is 9.47 Å². The van der Waals surface area contributed by atoms with Crippen LogP contribution in [-0.2, 0) is 14.3 Å². The number of aliphatic hydroxyl groups excluding tert-OH is 2. The first-order chi connectivity index (χ1) is 12.5. The van der Waals surface area contributed by atoms with E-state index in [0.717, 1.165) is 0 Å². The Bertz CT molecular complexity index is 730. The van der Waals surface area contributed by atoms with Crippen molar-refractivity contribution >= 4 is 18.2 Å². The monoisotopic (exact) mass is 358 g/mol. The third-order valence-corrected chi connectivity index (χ3v) is 3.50. The summed E-state index contributed by atoms with van der Waals surface area (Å²) in [6.45, 7) is -0.564. The van der Waals surface area contributed by atoms with E-state index < -0.39 is 36.9 Å². The third kappa shape index (κ3) is 5.23. The summed E-state index contributed by atoms with van der Waals surface area (Å²) in [5.41, 5.74) is 0.456. The first kappa shape index (κ1) is 19.3. The minimum Gasteiger partial charge on any atom is -0.459 e. The van der Waals surface area contributed by atoms with E-state index in [-0.39, 0.29) is 17.4 Å². The Labute approximate surface area is 149 Å². The fourth-order valence-corrected chi connectivity index (χ4v) is 2.13. The predicted octanol–water partition coefficient (Wildman–Crippen LogP) is 0.990. The fourth-order valence-electron chi connectivity index (χ4n) is 2.13. The van der Waals surface area contributed by atoms with Crippen LogP contribution >= 0.6 is 0 Å². The largest absolute Gasteiger partial charge is 0.459 e. The zero-order chi connectivity index (χ0) is 18.9. The number of ether oxygens (including phenoxy) is 2. The Morgan fingerprint density at radius 1 is 0.885 bits per heavy atom. The van der Waals surface area contributed by atoms with Crippen LogP contribution in [0, 0.1) is 0 Å². The molecule has 3 atom stereocenters. The Hall–Kier alpha value is -3.03. The molecule has 0 heterocycles. The van der Waals surface area contributed by atoms with Crippen molar-refractivity contribution in [2.75, 3.05) is 6.61 Å². The Kier molecular flexibility index (Phi) is 7.02. The second-order valence-corrected chi connectivity index (χ2v) is 5.39. The zero-order valence-electron chi connectivity index (χ0n) is 13.7. The quantitative estimate of drug-likeness (QED) is 0.535. The van der Waals surface area contributed by atoms with E-state index >= 15 is 0 Å². The van der Waals surface area contributed by atoms with Crippen LogP contribution in [0.4, 0.5) is 0 Å². The Balaban J connectivity index is 2.00. The van der Waals surface area contributed by atoms with Crippen LogP contribution in [0.15, 0.2) is 60.7 Å². The molecule has 0 spiro atoms. The third-order valence-electron chi connectivity index (χ3n) is 3.50. The fraction of sp³-hybridized carbons (Fsp3) is 0.211. The summed E-state index contributed by atoms with van der Waals surface area (Å²) < 4.78 is 9.97. The van der Waals surface area contributed by atoms with Crippen LogP contribution in [0.2, 0.25) is 0 Å². The average molecular weight is 358 g/mol. The maximum Gasteiger partial charge on any atom is 0.338 e. The van der Waals surface area contributed by atoms with Gasteiger partial charge in [-0.3, -0.25) is 0 Å². The zero-order valence-corrected chi connectivity index (χ0v) is 13.7. The summed E-state index contributed by atoms with van der Waals surface area (Å²) in [5.74, 6) is -1.52. The van der Waals surface area contributed by atoms with Gasteiger partial charge in [0.15, 0.2) is 12.4 Å². The molecule has 26 heavy (non-hydrogen) atoms. The molecule has 0 radical (unpaired) electrons. The van der Waals surface area contributed by atoms with Gasteiger partial charge in [-0.25, -0.2) is 9.59 Å². The highest BCUT2D eigenvalue weighted by Crippen LogP contribution is 2.11. The second-order valence-electron chi connectivity index (χ2n) is 5.39. The smallest absolute Gasteiger partial charge is 0.338 e. The molecule has 0 aromatic heterocycles. The number of benzene rings is 2. The Morgan fingerprint density at radius 3 is 1.88 bits per heavy atom. The van der Waals surface area contributed by atoms with Gasteiger partial charge in [-0.2, -0.15) is 0 Å². The minimum absolute atomic E-state index is 0.130. The molecule has 0 aliphatic rings. The molecule has 0 amide bonds. The first-order valence-electron chi connectivity index (χ1n) is 7.82. The number of hydrogen-bond acceptors (Lipinski definition) is 7. The molecule has 0 fully saturated rings. The van der Waals surface area contributed by atoms with Gasteiger partial charge >= 0.3 is 11.9 Å². The topological polar surface area (TPSA) is 110 Å². The van der Waals surface area contributed by atoms with Crippen molar-refractivity contribution in [3.63, 3.8) is 0 Å². The summed E-state index contributed by atoms with van der Waals surface area (Å²) in [4.78, 5) is 34.8. The molecular formula is C19H18O7. The van der Waals surface area contributed by atoms with Crippen molar-refractivity contribution in [2.45, 2.75) is 18.3 Å². The van der Waals surface area contributed by atoms with Gasteiger partial charge in [0, 0.05) is 0 Å². The van der Waals surface area contributed by atoms with Crippen LogP contribution in [0.5, 0.6) is 0 Å². The molecule has 7 nitrogen and oxygen atoms in total. The molecule has 0 saturated carbocycles. The van der Waals surface area contributed by atoms with E-state index in [1.165, 1.54) is 24.3 Å². The van der Waals surface area contributed by atoms with Crippen molar-refractivity contribution in [1.29, 1.82) is 0 Å².